The third kappa shape index (κ3) is 9.98. The molecule has 10 nitrogen and oxygen atoms in total. The highest BCUT2D eigenvalue weighted by molar-refractivity contribution is 9.10. The van der Waals surface area contributed by atoms with Crippen LogP contribution in [-0.4, -0.2) is 71.9 Å². The highest BCUT2D eigenvalue weighted by atomic mass is 79.9. The van der Waals surface area contributed by atoms with E-state index in [1.54, 1.807) is 45.6 Å². The Morgan fingerprint density at radius 2 is 1.22 bits per heavy atom. The van der Waals surface area contributed by atoms with Gasteiger partial charge in [-0.2, -0.15) is 4.31 Å². The van der Waals surface area contributed by atoms with E-state index in [4.69, 9.17) is 18.9 Å². The maximum atomic E-state index is 14.2. The number of sulfonamides is 1. The van der Waals surface area contributed by atoms with Gasteiger partial charge in [-0.25, -0.2) is 8.42 Å². The number of nitrogens with one attached hydrogen (secondary N) is 1. The summed E-state index contributed by atoms with van der Waals surface area (Å²) in [5.41, 5.74) is 2.47. The molecule has 0 bridgehead atoms. The van der Waals surface area contributed by atoms with Crippen molar-refractivity contribution in [3.8, 4) is 23.0 Å². The van der Waals surface area contributed by atoms with Crippen molar-refractivity contribution in [3.63, 3.8) is 0 Å². The average Bonchev–Trinajstić information content (AvgIpc) is 3.10. The molecule has 13 heteroatoms. The van der Waals surface area contributed by atoms with Crippen molar-refractivity contribution in [2.45, 2.75) is 23.8 Å². The molecule has 2 atom stereocenters. The maximum Gasteiger partial charge on any atom is 0.309 e. The smallest absolute Gasteiger partial charge is 0.309 e. The van der Waals surface area contributed by atoms with Crippen molar-refractivity contribution in [2.75, 3.05) is 48.1 Å². The first-order valence-electron chi connectivity index (χ1n) is 15.4. The summed E-state index contributed by atoms with van der Waals surface area (Å²) >= 11 is 6.83. The van der Waals surface area contributed by atoms with Gasteiger partial charge in [0.15, 0.2) is 23.0 Å². The van der Waals surface area contributed by atoms with Crippen LogP contribution in [-0.2, 0) is 27.7 Å². The molecule has 49 heavy (non-hydrogen) atoms. The summed E-state index contributed by atoms with van der Waals surface area (Å²) < 4.78 is 52.8. The monoisotopic (exact) mass is 818 g/mol. The largest absolute Gasteiger partial charge is 0.493 e. The van der Waals surface area contributed by atoms with Crippen molar-refractivity contribution in [1.29, 1.82) is 0 Å². The van der Waals surface area contributed by atoms with Crippen molar-refractivity contribution >= 4 is 47.9 Å². The van der Waals surface area contributed by atoms with E-state index in [2.05, 4.69) is 37.2 Å². The molecule has 0 spiro atoms. The van der Waals surface area contributed by atoms with Crippen LogP contribution in [0.3, 0.4) is 0 Å². The van der Waals surface area contributed by atoms with E-state index < -0.39 is 28.0 Å². The number of nitrogens with zero attached hydrogens (tertiary/aromatic N) is 1. The van der Waals surface area contributed by atoms with Crippen LogP contribution in [0.1, 0.15) is 22.7 Å². The summed E-state index contributed by atoms with van der Waals surface area (Å²) in [4.78, 5) is 13.2. The molecule has 0 saturated carbocycles. The lowest BCUT2D eigenvalue weighted by Gasteiger charge is -2.31. The zero-order valence-corrected chi connectivity index (χ0v) is 31.7. The second-order valence-corrected chi connectivity index (χ2v) is 14.9. The van der Waals surface area contributed by atoms with Crippen molar-refractivity contribution < 1.29 is 37.3 Å². The molecule has 0 amide bonds. The summed E-state index contributed by atoms with van der Waals surface area (Å²) in [7, 11) is 2.10. The minimum atomic E-state index is -4.11. The molecule has 0 aliphatic rings. The molecule has 0 fully saturated rings. The quantitative estimate of drug-likeness (QED) is 0.112. The number of aliphatic carboxylic acids is 1. The van der Waals surface area contributed by atoms with Crippen molar-refractivity contribution in [3.05, 3.63) is 111 Å². The standard InChI is InChI=1S/C36H40Br2N2O8S/c1-45-31-15-5-24(21-33(31)47-3)17-19-39-35(26-7-9-27(37)10-8-26)30(36(41)42)23-40(49(43,44)29-13-11-28(38)12-14-29)20-18-25-6-16-32(46-2)34(22-25)48-4/h5-16,21-22,30,35,39H,17-20,23H2,1-4H3,(H,41,42). The zero-order chi connectivity index (χ0) is 35.6. The van der Waals surface area contributed by atoms with Crippen LogP contribution in [0.5, 0.6) is 23.0 Å². The number of hydrogen-bond donors (Lipinski definition) is 2. The highest BCUT2D eigenvalue weighted by Gasteiger charge is 2.35. The lowest BCUT2D eigenvalue weighted by Crippen LogP contribution is -2.44. The van der Waals surface area contributed by atoms with Crippen LogP contribution >= 0.6 is 31.9 Å². The molecule has 0 heterocycles. The number of ether oxygens (including phenoxy) is 4. The Labute approximate surface area is 304 Å². The summed E-state index contributed by atoms with van der Waals surface area (Å²) in [6.45, 7) is 0.145. The van der Waals surface area contributed by atoms with E-state index in [-0.39, 0.29) is 18.0 Å². The third-order valence-corrected chi connectivity index (χ3v) is 11.1. The molecule has 0 aliphatic heterocycles. The number of carboxylic acid groups (broad SMARTS) is 1. The van der Waals surface area contributed by atoms with Crippen LogP contribution in [0.2, 0.25) is 0 Å². The number of rotatable bonds is 18. The molecule has 4 aromatic carbocycles. The van der Waals surface area contributed by atoms with E-state index in [9.17, 15) is 18.3 Å². The van der Waals surface area contributed by atoms with Gasteiger partial charge in [0.25, 0.3) is 0 Å². The zero-order valence-electron chi connectivity index (χ0n) is 27.7. The minimum absolute atomic E-state index is 0.0242. The number of carbonyl (C=O) groups is 1. The van der Waals surface area contributed by atoms with Crippen LogP contribution in [0, 0.1) is 5.92 Å². The highest BCUT2D eigenvalue weighted by Crippen LogP contribution is 2.31. The van der Waals surface area contributed by atoms with Crippen LogP contribution in [0.25, 0.3) is 0 Å². The molecule has 0 aliphatic carbocycles. The summed E-state index contributed by atoms with van der Waals surface area (Å²) in [5.74, 6) is -0.0159. The van der Waals surface area contributed by atoms with E-state index >= 15 is 0 Å². The van der Waals surface area contributed by atoms with E-state index in [1.165, 1.54) is 23.5 Å². The molecule has 4 aromatic rings. The van der Waals surface area contributed by atoms with Crippen molar-refractivity contribution in [1.82, 2.24) is 9.62 Å². The van der Waals surface area contributed by atoms with E-state index in [0.29, 0.717) is 47.9 Å². The number of benzene rings is 4. The Morgan fingerprint density at radius 1 is 0.735 bits per heavy atom. The Balaban J connectivity index is 1.67. The summed E-state index contributed by atoms with van der Waals surface area (Å²) in [6, 6.07) is 23.9. The molecule has 0 radical (unpaired) electrons. The van der Waals surface area contributed by atoms with Crippen LogP contribution < -0.4 is 24.3 Å². The van der Waals surface area contributed by atoms with Gasteiger partial charge < -0.3 is 29.4 Å². The van der Waals surface area contributed by atoms with Crippen LogP contribution in [0.4, 0.5) is 0 Å². The fourth-order valence-corrected chi connectivity index (χ4v) is 7.47. The number of halogens is 2. The fraction of sp³-hybridized carbons (Fsp3) is 0.306. The second-order valence-electron chi connectivity index (χ2n) is 11.1. The fourth-order valence-electron chi connectivity index (χ4n) is 5.47. The SMILES string of the molecule is COc1ccc(CCNC(c2ccc(Br)cc2)C(CN(CCc2ccc(OC)c(OC)c2)S(=O)(=O)c2ccc(Br)cc2)C(=O)O)cc1OC. The second kappa shape index (κ2) is 17.9. The predicted octanol–water partition coefficient (Wildman–Crippen LogP) is 6.75. The molecule has 2 unspecified atom stereocenters. The van der Waals surface area contributed by atoms with Gasteiger partial charge in [0.05, 0.1) is 39.3 Å². The molecular weight excluding hydrogens is 780 g/mol. The van der Waals surface area contributed by atoms with Gasteiger partial charge in [-0.1, -0.05) is 56.1 Å². The Hall–Kier alpha value is -3.62. The Bertz CT molecular complexity index is 1810. The minimum Gasteiger partial charge on any atom is -0.493 e. The summed E-state index contributed by atoms with van der Waals surface area (Å²) in [5, 5.41) is 14.1. The van der Waals surface area contributed by atoms with Gasteiger partial charge in [-0.3, -0.25) is 4.79 Å². The number of methoxy groups -OCH3 is 4. The van der Waals surface area contributed by atoms with Gasteiger partial charge in [-0.05, 0) is 96.7 Å². The molecule has 2 N–H and O–H groups in total. The van der Waals surface area contributed by atoms with Gasteiger partial charge in [0, 0.05) is 28.1 Å². The summed E-state index contributed by atoms with van der Waals surface area (Å²) in [6.07, 6.45) is 0.859. The first-order valence-corrected chi connectivity index (χ1v) is 18.4. The first-order chi connectivity index (χ1) is 23.5. The topological polar surface area (TPSA) is 124 Å². The van der Waals surface area contributed by atoms with Gasteiger partial charge in [0.2, 0.25) is 10.0 Å². The Morgan fingerprint density at radius 3 is 1.71 bits per heavy atom. The van der Waals surface area contributed by atoms with Crippen LogP contribution in [0.15, 0.2) is 98.8 Å². The predicted molar refractivity (Wildman–Crippen MR) is 195 cm³/mol. The number of hydrogen-bond acceptors (Lipinski definition) is 8. The molecule has 4 rings (SSSR count). The first kappa shape index (κ1) is 38.2. The maximum absolute atomic E-state index is 14.2. The van der Waals surface area contributed by atoms with E-state index in [0.717, 1.165) is 20.1 Å². The van der Waals surface area contributed by atoms with Gasteiger partial charge in [0.1, 0.15) is 0 Å². The molecule has 0 aromatic heterocycles. The van der Waals surface area contributed by atoms with Crippen molar-refractivity contribution in [2.24, 2.45) is 5.92 Å². The molecule has 0 saturated heterocycles. The average molecular weight is 821 g/mol. The Kier molecular flexibility index (Phi) is 13.9. The number of carboxylic acids is 1. The van der Waals surface area contributed by atoms with Gasteiger partial charge in [-0.15, -0.1) is 0 Å². The third-order valence-electron chi connectivity index (χ3n) is 8.12. The molecular formula is C36H40Br2N2O8S. The lowest BCUT2D eigenvalue weighted by molar-refractivity contribution is -0.143. The molecule has 262 valence electrons. The van der Waals surface area contributed by atoms with E-state index in [1.807, 2.05) is 48.5 Å². The van der Waals surface area contributed by atoms with Gasteiger partial charge >= 0.3 is 5.97 Å². The normalized spacial score (nSPS) is 12.7. The lowest BCUT2D eigenvalue weighted by atomic mass is 9.92.